The van der Waals surface area contributed by atoms with Crippen LogP contribution in [0.2, 0.25) is 0 Å². The fraction of sp³-hybridized carbons (Fsp3) is 1.00. The number of aliphatic hydroxyl groups excluding tert-OH is 1. The van der Waals surface area contributed by atoms with Gasteiger partial charge in [0.05, 0.1) is 24.4 Å². The molecule has 0 fully saturated rings. The molecule has 1 N–H and O–H groups in total. The Labute approximate surface area is 118 Å². The third-order valence-corrected chi connectivity index (χ3v) is 3.96. The van der Waals surface area contributed by atoms with Crippen LogP contribution in [0.15, 0.2) is 0 Å². The van der Waals surface area contributed by atoms with E-state index in [9.17, 15) is 0 Å². The Morgan fingerprint density at radius 3 is 1.68 bits per heavy atom. The molecular weight excluding hydrogens is 244 g/mol. The summed E-state index contributed by atoms with van der Waals surface area (Å²) < 4.78 is 16.9. The lowest BCUT2D eigenvalue weighted by Crippen LogP contribution is -2.34. The number of rotatable bonds is 12. The van der Waals surface area contributed by atoms with Crippen LogP contribution in [0.4, 0.5) is 0 Å². The summed E-state index contributed by atoms with van der Waals surface area (Å²) in [6, 6.07) is 0. The summed E-state index contributed by atoms with van der Waals surface area (Å²) in [6.07, 6.45) is 3.40. The minimum absolute atomic E-state index is 0.140. The summed E-state index contributed by atoms with van der Waals surface area (Å²) in [4.78, 5) is 0. The van der Waals surface area contributed by atoms with Crippen LogP contribution in [0.1, 0.15) is 53.4 Å². The van der Waals surface area contributed by atoms with E-state index in [0.717, 1.165) is 19.3 Å². The van der Waals surface area contributed by atoms with Gasteiger partial charge in [-0.05, 0) is 39.5 Å². The lowest BCUT2D eigenvalue weighted by molar-refractivity contribution is -0.109. The van der Waals surface area contributed by atoms with Gasteiger partial charge >= 0.3 is 0 Å². The van der Waals surface area contributed by atoms with Crippen molar-refractivity contribution in [3.63, 3.8) is 0 Å². The van der Waals surface area contributed by atoms with E-state index in [0.29, 0.717) is 26.2 Å². The van der Waals surface area contributed by atoms with Crippen molar-refractivity contribution in [2.24, 2.45) is 0 Å². The second-order valence-corrected chi connectivity index (χ2v) is 5.52. The molecule has 2 unspecified atom stereocenters. The molecule has 0 spiro atoms. The quantitative estimate of drug-likeness (QED) is 0.557. The van der Waals surface area contributed by atoms with Gasteiger partial charge in [0.1, 0.15) is 0 Å². The smallest absolute Gasteiger partial charge is 0.0708 e. The van der Waals surface area contributed by atoms with Gasteiger partial charge in [-0.15, -0.1) is 0 Å². The standard InChI is InChI=1S/C15H32O4/c1-6-14(3,8-10-16)18-12-13-19-15(4,7-2)9-11-17-5/h16H,6-13H2,1-5H3. The third-order valence-electron chi connectivity index (χ3n) is 3.96. The zero-order chi connectivity index (χ0) is 14.8. The summed E-state index contributed by atoms with van der Waals surface area (Å²) in [5.41, 5.74) is -0.383. The molecule has 0 rings (SSSR count). The van der Waals surface area contributed by atoms with Crippen LogP contribution >= 0.6 is 0 Å². The molecule has 4 nitrogen and oxygen atoms in total. The maximum absolute atomic E-state index is 9.03. The van der Waals surface area contributed by atoms with Crippen LogP contribution in [-0.2, 0) is 14.2 Å². The molecule has 0 aliphatic carbocycles. The maximum atomic E-state index is 9.03. The first-order chi connectivity index (χ1) is 8.95. The van der Waals surface area contributed by atoms with Crippen molar-refractivity contribution >= 4 is 0 Å². The van der Waals surface area contributed by atoms with E-state index in [-0.39, 0.29) is 17.8 Å². The fourth-order valence-electron chi connectivity index (χ4n) is 1.83. The molecule has 0 aliphatic heterocycles. The predicted molar refractivity (Wildman–Crippen MR) is 77.5 cm³/mol. The molecule has 0 saturated carbocycles. The number of hydrogen-bond donors (Lipinski definition) is 1. The topological polar surface area (TPSA) is 47.9 Å². The first-order valence-electron chi connectivity index (χ1n) is 7.33. The van der Waals surface area contributed by atoms with Crippen molar-refractivity contribution in [1.29, 1.82) is 0 Å². The lowest BCUT2D eigenvalue weighted by Gasteiger charge is -2.31. The summed E-state index contributed by atoms with van der Waals surface area (Å²) in [5.74, 6) is 0. The average molecular weight is 276 g/mol. The van der Waals surface area contributed by atoms with E-state index in [4.69, 9.17) is 19.3 Å². The molecular formula is C15H32O4. The maximum Gasteiger partial charge on any atom is 0.0708 e. The van der Waals surface area contributed by atoms with E-state index >= 15 is 0 Å². The molecule has 19 heavy (non-hydrogen) atoms. The molecule has 4 heteroatoms. The van der Waals surface area contributed by atoms with Gasteiger partial charge in [0.2, 0.25) is 0 Å². The molecule has 0 aromatic rings. The molecule has 0 saturated heterocycles. The third kappa shape index (κ3) is 7.88. The van der Waals surface area contributed by atoms with Crippen LogP contribution in [0.3, 0.4) is 0 Å². The Bertz CT molecular complexity index is 222. The summed E-state index contributed by atoms with van der Waals surface area (Å²) in [5, 5.41) is 9.03. The lowest BCUT2D eigenvalue weighted by atomic mass is 9.99. The molecule has 0 heterocycles. The van der Waals surface area contributed by atoms with Gasteiger partial charge < -0.3 is 19.3 Å². The summed E-state index contributed by atoms with van der Waals surface area (Å²) in [6.45, 7) is 10.4. The van der Waals surface area contributed by atoms with Gasteiger partial charge in [0.15, 0.2) is 0 Å². The second-order valence-electron chi connectivity index (χ2n) is 5.52. The van der Waals surface area contributed by atoms with Crippen molar-refractivity contribution in [1.82, 2.24) is 0 Å². The van der Waals surface area contributed by atoms with E-state index in [1.165, 1.54) is 0 Å². The summed E-state index contributed by atoms with van der Waals surface area (Å²) in [7, 11) is 1.71. The van der Waals surface area contributed by atoms with Crippen molar-refractivity contribution < 1.29 is 19.3 Å². The fourth-order valence-corrected chi connectivity index (χ4v) is 1.83. The predicted octanol–water partition coefficient (Wildman–Crippen LogP) is 2.78. The van der Waals surface area contributed by atoms with Gasteiger partial charge in [-0.1, -0.05) is 13.8 Å². The molecule has 0 radical (unpaired) electrons. The van der Waals surface area contributed by atoms with Crippen LogP contribution in [-0.4, -0.2) is 49.8 Å². The van der Waals surface area contributed by atoms with Gasteiger partial charge in [-0.2, -0.15) is 0 Å². The second kappa shape index (κ2) is 9.70. The van der Waals surface area contributed by atoms with Crippen LogP contribution < -0.4 is 0 Å². The largest absolute Gasteiger partial charge is 0.396 e. The monoisotopic (exact) mass is 276 g/mol. The highest BCUT2D eigenvalue weighted by molar-refractivity contribution is 4.74. The van der Waals surface area contributed by atoms with Gasteiger partial charge in [0.25, 0.3) is 0 Å². The Kier molecular flexibility index (Phi) is 9.62. The van der Waals surface area contributed by atoms with E-state index in [1.54, 1.807) is 7.11 Å². The Morgan fingerprint density at radius 1 is 0.842 bits per heavy atom. The molecule has 0 aliphatic rings. The number of hydrogen-bond acceptors (Lipinski definition) is 4. The first-order valence-corrected chi connectivity index (χ1v) is 7.33. The van der Waals surface area contributed by atoms with Crippen molar-refractivity contribution in [3.8, 4) is 0 Å². The van der Waals surface area contributed by atoms with Gasteiger partial charge in [-0.25, -0.2) is 0 Å². The van der Waals surface area contributed by atoms with Crippen molar-refractivity contribution in [2.45, 2.75) is 64.6 Å². The number of ether oxygens (including phenoxy) is 3. The highest BCUT2D eigenvalue weighted by Gasteiger charge is 2.24. The first kappa shape index (κ1) is 18.8. The van der Waals surface area contributed by atoms with Gasteiger partial charge in [-0.3, -0.25) is 0 Å². The molecule has 0 amide bonds. The van der Waals surface area contributed by atoms with Gasteiger partial charge in [0, 0.05) is 20.3 Å². The normalized spacial score (nSPS) is 18.0. The van der Waals surface area contributed by atoms with Crippen molar-refractivity contribution in [2.75, 3.05) is 33.5 Å². The average Bonchev–Trinajstić information content (AvgIpc) is 2.42. The molecule has 0 aromatic carbocycles. The van der Waals surface area contributed by atoms with E-state index in [1.807, 2.05) is 6.92 Å². The SMILES string of the molecule is CCC(C)(CCO)OCCOC(C)(CC)CCOC. The van der Waals surface area contributed by atoms with Crippen molar-refractivity contribution in [3.05, 3.63) is 0 Å². The van der Waals surface area contributed by atoms with Crippen LogP contribution in [0.5, 0.6) is 0 Å². The molecule has 2 atom stereocenters. The molecule has 116 valence electrons. The minimum Gasteiger partial charge on any atom is -0.396 e. The molecule has 0 aromatic heterocycles. The van der Waals surface area contributed by atoms with E-state index in [2.05, 4.69) is 20.8 Å². The highest BCUT2D eigenvalue weighted by Crippen LogP contribution is 2.22. The molecule has 0 bridgehead atoms. The Morgan fingerprint density at radius 2 is 1.32 bits per heavy atom. The van der Waals surface area contributed by atoms with Crippen LogP contribution in [0.25, 0.3) is 0 Å². The van der Waals surface area contributed by atoms with Crippen LogP contribution in [0, 0.1) is 0 Å². The highest BCUT2D eigenvalue weighted by atomic mass is 16.5. The number of aliphatic hydroxyl groups is 1. The zero-order valence-electron chi connectivity index (χ0n) is 13.3. The Hall–Kier alpha value is -0.160. The zero-order valence-corrected chi connectivity index (χ0v) is 13.3. The summed E-state index contributed by atoms with van der Waals surface area (Å²) >= 11 is 0. The Balaban J connectivity index is 3.99. The minimum atomic E-state index is -0.243. The number of methoxy groups -OCH3 is 1. The van der Waals surface area contributed by atoms with E-state index < -0.39 is 0 Å².